The van der Waals surface area contributed by atoms with Crippen LogP contribution in [0.15, 0.2) is 24.3 Å². The number of aliphatic hydroxyl groups is 1. The van der Waals surface area contributed by atoms with E-state index < -0.39 is 0 Å². The quantitative estimate of drug-likeness (QED) is 0.879. The number of hydrogen-bond donors (Lipinski definition) is 1. The highest BCUT2D eigenvalue weighted by Gasteiger charge is 2.30. The van der Waals surface area contributed by atoms with E-state index in [2.05, 4.69) is 30.9 Å². The zero-order valence-corrected chi connectivity index (χ0v) is 16.4. The molecule has 0 unspecified atom stereocenters. The first-order valence-corrected chi connectivity index (χ1v) is 10.3. The van der Waals surface area contributed by atoms with Gasteiger partial charge in [0.15, 0.2) is 0 Å². The van der Waals surface area contributed by atoms with Crippen LogP contribution in [-0.2, 0) is 6.42 Å². The molecule has 1 atom stereocenters. The van der Waals surface area contributed by atoms with E-state index in [1.807, 2.05) is 17.0 Å². The number of aliphatic hydroxyl groups excluding tert-OH is 1. The number of benzene rings is 1. The average Bonchev–Trinajstić information content (AvgIpc) is 2.68. The standard InChI is InChI=1S/C22H34N2O2/c1-17(2)14-18-5-7-20(8-6-18)22(26)24-11-3-4-21(15-24)23-12-9-19(16-25)10-13-23/h5-8,17,19,21,25H,3-4,9-16H2,1-2H3/t21-/m0/s1. The Bertz CT molecular complexity index is 576. The molecule has 3 rings (SSSR count). The zero-order chi connectivity index (χ0) is 18.5. The summed E-state index contributed by atoms with van der Waals surface area (Å²) >= 11 is 0. The van der Waals surface area contributed by atoms with Gasteiger partial charge in [-0.25, -0.2) is 0 Å². The lowest BCUT2D eigenvalue weighted by atomic mass is 9.94. The van der Waals surface area contributed by atoms with Gasteiger partial charge in [0.1, 0.15) is 0 Å². The Morgan fingerprint density at radius 3 is 2.42 bits per heavy atom. The van der Waals surface area contributed by atoms with Crippen LogP contribution < -0.4 is 0 Å². The molecular weight excluding hydrogens is 324 g/mol. The first-order valence-electron chi connectivity index (χ1n) is 10.3. The van der Waals surface area contributed by atoms with Crippen molar-refractivity contribution in [3.63, 3.8) is 0 Å². The van der Waals surface area contributed by atoms with E-state index >= 15 is 0 Å². The molecule has 2 saturated heterocycles. The second-order valence-corrected chi connectivity index (χ2v) is 8.50. The number of hydrogen-bond acceptors (Lipinski definition) is 3. The molecule has 0 spiro atoms. The topological polar surface area (TPSA) is 43.8 Å². The van der Waals surface area contributed by atoms with Gasteiger partial charge in [-0.2, -0.15) is 0 Å². The van der Waals surface area contributed by atoms with E-state index in [1.165, 1.54) is 12.0 Å². The van der Waals surface area contributed by atoms with E-state index in [-0.39, 0.29) is 5.91 Å². The summed E-state index contributed by atoms with van der Waals surface area (Å²) in [4.78, 5) is 17.5. The van der Waals surface area contributed by atoms with Gasteiger partial charge in [-0.1, -0.05) is 26.0 Å². The molecule has 1 aromatic carbocycles. The predicted octanol–water partition coefficient (Wildman–Crippen LogP) is 3.19. The third kappa shape index (κ3) is 4.86. The maximum absolute atomic E-state index is 12.9. The lowest BCUT2D eigenvalue weighted by Gasteiger charge is -2.42. The third-order valence-corrected chi connectivity index (χ3v) is 5.95. The summed E-state index contributed by atoms with van der Waals surface area (Å²) in [5.74, 6) is 1.28. The fraction of sp³-hybridized carbons (Fsp3) is 0.682. The Morgan fingerprint density at radius 1 is 1.12 bits per heavy atom. The number of carbonyl (C=O) groups excluding carboxylic acids is 1. The Morgan fingerprint density at radius 2 is 1.81 bits per heavy atom. The van der Waals surface area contributed by atoms with Crippen molar-refractivity contribution >= 4 is 5.91 Å². The Balaban J connectivity index is 1.57. The van der Waals surface area contributed by atoms with Gasteiger partial charge in [-0.3, -0.25) is 9.69 Å². The van der Waals surface area contributed by atoms with Crippen molar-refractivity contribution in [1.29, 1.82) is 0 Å². The van der Waals surface area contributed by atoms with Crippen molar-refractivity contribution in [2.45, 2.75) is 52.0 Å². The third-order valence-electron chi connectivity index (χ3n) is 5.95. The number of nitrogens with zero attached hydrogens (tertiary/aromatic N) is 2. The smallest absolute Gasteiger partial charge is 0.253 e. The summed E-state index contributed by atoms with van der Waals surface area (Å²) < 4.78 is 0. The molecule has 2 aliphatic rings. The summed E-state index contributed by atoms with van der Waals surface area (Å²) in [6.07, 6.45) is 5.49. The summed E-state index contributed by atoms with van der Waals surface area (Å²) in [5, 5.41) is 9.32. The lowest BCUT2D eigenvalue weighted by Crippen LogP contribution is -2.52. The van der Waals surface area contributed by atoms with Crippen LogP contribution >= 0.6 is 0 Å². The fourth-order valence-corrected chi connectivity index (χ4v) is 4.38. The number of rotatable bonds is 5. The molecule has 1 amide bonds. The number of piperidine rings is 2. The van der Waals surface area contributed by atoms with Crippen molar-refractivity contribution in [3.8, 4) is 0 Å². The molecule has 0 aliphatic carbocycles. The van der Waals surface area contributed by atoms with Crippen LogP contribution in [0.25, 0.3) is 0 Å². The number of amides is 1. The van der Waals surface area contributed by atoms with Crippen molar-refractivity contribution in [2.75, 3.05) is 32.8 Å². The SMILES string of the molecule is CC(C)Cc1ccc(C(=O)N2CCC[C@H](N3CCC(CO)CC3)C2)cc1. The normalized spacial score (nSPS) is 22.8. The van der Waals surface area contributed by atoms with E-state index in [9.17, 15) is 9.90 Å². The minimum absolute atomic E-state index is 0.177. The van der Waals surface area contributed by atoms with Gasteiger partial charge in [0.25, 0.3) is 5.91 Å². The molecule has 0 radical (unpaired) electrons. The van der Waals surface area contributed by atoms with Gasteiger partial charge in [-0.15, -0.1) is 0 Å². The van der Waals surface area contributed by atoms with Crippen LogP contribution in [0.5, 0.6) is 0 Å². The Hall–Kier alpha value is -1.39. The summed E-state index contributed by atoms with van der Waals surface area (Å²) in [6, 6.07) is 8.68. The summed E-state index contributed by atoms with van der Waals surface area (Å²) in [6.45, 7) is 8.58. The highest BCUT2D eigenvalue weighted by atomic mass is 16.3. The van der Waals surface area contributed by atoms with E-state index in [0.717, 1.165) is 57.4 Å². The first-order chi connectivity index (χ1) is 12.6. The predicted molar refractivity (Wildman–Crippen MR) is 105 cm³/mol. The first kappa shape index (κ1) is 19.4. The van der Waals surface area contributed by atoms with Gasteiger partial charge < -0.3 is 10.0 Å². The molecule has 1 N–H and O–H groups in total. The van der Waals surface area contributed by atoms with Crippen LogP contribution in [0.4, 0.5) is 0 Å². The Labute approximate surface area is 158 Å². The molecule has 4 nitrogen and oxygen atoms in total. The summed E-state index contributed by atoms with van der Waals surface area (Å²) in [7, 11) is 0. The molecule has 0 aromatic heterocycles. The second-order valence-electron chi connectivity index (χ2n) is 8.50. The van der Waals surface area contributed by atoms with Gasteiger partial charge in [0.05, 0.1) is 0 Å². The maximum Gasteiger partial charge on any atom is 0.253 e. The minimum atomic E-state index is 0.177. The van der Waals surface area contributed by atoms with Crippen LogP contribution in [0.3, 0.4) is 0 Å². The second kappa shape index (κ2) is 9.01. The summed E-state index contributed by atoms with van der Waals surface area (Å²) in [5.41, 5.74) is 2.12. The van der Waals surface area contributed by atoms with Crippen LogP contribution in [0.2, 0.25) is 0 Å². The highest BCUT2D eigenvalue weighted by Crippen LogP contribution is 2.24. The largest absolute Gasteiger partial charge is 0.396 e. The van der Waals surface area contributed by atoms with Crippen molar-refractivity contribution in [1.82, 2.24) is 9.80 Å². The van der Waals surface area contributed by atoms with Gasteiger partial charge >= 0.3 is 0 Å². The molecule has 144 valence electrons. The molecule has 0 saturated carbocycles. The van der Waals surface area contributed by atoms with Gasteiger partial charge in [0, 0.05) is 31.3 Å². The Kier molecular flexibility index (Phi) is 6.71. The lowest BCUT2D eigenvalue weighted by molar-refractivity contribution is 0.0446. The van der Waals surface area contributed by atoms with E-state index in [4.69, 9.17) is 0 Å². The van der Waals surface area contributed by atoms with E-state index in [0.29, 0.717) is 24.5 Å². The fourth-order valence-electron chi connectivity index (χ4n) is 4.38. The molecule has 2 fully saturated rings. The minimum Gasteiger partial charge on any atom is -0.396 e. The van der Waals surface area contributed by atoms with Crippen molar-refractivity contribution < 1.29 is 9.90 Å². The molecule has 2 aliphatic heterocycles. The van der Waals surface area contributed by atoms with Crippen LogP contribution in [-0.4, -0.2) is 59.6 Å². The highest BCUT2D eigenvalue weighted by molar-refractivity contribution is 5.94. The molecule has 0 bridgehead atoms. The number of carbonyl (C=O) groups is 1. The molecule has 4 heteroatoms. The van der Waals surface area contributed by atoms with Crippen LogP contribution in [0, 0.1) is 11.8 Å². The zero-order valence-electron chi connectivity index (χ0n) is 16.4. The monoisotopic (exact) mass is 358 g/mol. The van der Waals surface area contributed by atoms with Gasteiger partial charge in [-0.05, 0) is 74.7 Å². The molecule has 26 heavy (non-hydrogen) atoms. The van der Waals surface area contributed by atoms with Crippen molar-refractivity contribution in [3.05, 3.63) is 35.4 Å². The maximum atomic E-state index is 12.9. The van der Waals surface area contributed by atoms with Crippen molar-refractivity contribution in [2.24, 2.45) is 11.8 Å². The molecule has 2 heterocycles. The van der Waals surface area contributed by atoms with Gasteiger partial charge in [0.2, 0.25) is 0 Å². The van der Waals surface area contributed by atoms with E-state index in [1.54, 1.807) is 0 Å². The molecular formula is C22H34N2O2. The number of likely N-dealkylation sites (tertiary alicyclic amines) is 2. The average molecular weight is 359 g/mol. The van der Waals surface area contributed by atoms with Crippen LogP contribution in [0.1, 0.15) is 55.5 Å². The molecule has 1 aromatic rings.